The number of anilines is 1. The first-order valence-corrected chi connectivity index (χ1v) is 8.04. The van der Waals surface area contributed by atoms with Gasteiger partial charge in [-0.3, -0.25) is 9.69 Å². The van der Waals surface area contributed by atoms with Gasteiger partial charge >= 0.3 is 0 Å². The van der Waals surface area contributed by atoms with Gasteiger partial charge in [0, 0.05) is 44.0 Å². The Labute approximate surface area is 137 Å². The molecule has 1 saturated heterocycles. The maximum Gasteiger partial charge on any atom is 0.253 e. The van der Waals surface area contributed by atoms with Gasteiger partial charge in [0.2, 0.25) is 0 Å². The van der Waals surface area contributed by atoms with Crippen LogP contribution < -0.4 is 5.73 Å². The first kappa shape index (κ1) is 15.6. The fourth-order valence-electron chi connectivity index (χ4n) is 2.99. The van der Waals surface area contributed by atoms with Gasteiger partial charge < -0.3 is 10.6 Å². The van der Waals surface area contributed by atoms with Crippen LogP contribution in [-0.2, 0) is 6.54 Å². The van der Waals surface area contributed by atoms with Crippen LogP contribution >= 0.6 is 0 Å². The molecule has 0 aromatic heterocycles. The molecule has 120 valence electrons. The van der Waals surface area contributed by atoms with Crippen molar-refractivity contribution in [2.24, 2.45) is 0 Å². The molecule has 1 amide bonds. The van der Waals surface area contributed by atoms with E-state index in [4.69, 9.17) is 5.73 Å². The van der Waals surface area contributed by atoms with E-state index in [1.165, 1.54) is 11.1 Å². The van der Waals surface area contributed by atoms with Crippen LogP contribution in [0.1, 0.15) is 21.5 Å². The van der Waals surface area contributed by atoms with Crippen LogP contribution in [0, 0.1) is 6.92 Å². The minimum Gasteiger partial charge on any atom is -0.399 e. The number of rotatable bonds is 3. The Bertz CT molecular complexity index is 673. The van der Waals surface area contributed by atoms with Crippen LogP contribution in [-0.4, -0.2) is 41.9 Å². The fraction of sp³-hybridized carbons (Fsp3) is 0.316. The van der Waals surface area contributed by atoms with Gasteiger partial charge in [-0.15, -0.1) is 0 Å². The first-order valence-electron chi connectivity index (χ1n) is 8.04. The molecule has 1 aliphatic rings. The predicted molar refractivity (Wildman–Crippen MR) is 93.2 cm³/mol. The molecule has 1 aliphatic heterocycles. The van der Waals surface area contributed by atoms with Crippen molar-refractivity contribution < 1.29 is 4.79 Å². The Morgan fingerprint density at radius 1 is 1.04 bits per heavy atom. The van der Waals surface area contributed by atoms with E-state index >= 15 is 0 Å². The molecule has 23 heavy (non-hydrogen) atoms. The number of nitrogen functional groups attached to an aromatic ring is 1. The van der Waals surface area contributed by atoms with Crippen molar-refractivity contribution in [3.05, 3.63) is 65.2 Å². The highest BCUT2D eigenvalue weighted by Gasteiger charge is 2.22. The summed E-state index contributed by atoms with van der Waals surface area (Å²) in [4.78, 5) is 16.8. The Morgan fingerprint density at radius 2 is 1.74 bits per heavy atom. The number of hydrogen-bond acceptors (Lipinski definition) is 3. The number of nitrogens with two attached hydrogens (primary N) is 1. The van der Waals surface area contributed by atoms with Gasteiger partial charge in [-0.2, -0.15) is 0 Å². The maximum absolute atomic E-state index is 12.5. The topological polar surface area (TPSA) is 49.6 Å². The summed E-state index contributed by atoms with van der Waals surface area (Å²) in [5.74, 6) is 0.0974. The lowest BCUT2D eigenvalue weighted by Gasteiger charge is -2.34. The zero-order chi connectivity index (χ0) is 16.2. The van der Waals surface area contributed by atoms with Gasteiger partial charge in [0.15, 0.2) is 0 Å². The molecule has 0 spiro atoms. The molecule has 0 radical (unpaired) electrons. The third-order valence-electron chi connectivity index (χ3n) is 4.31. The zero-order valence-electron chi connectivity index (χ0n) is 13.5. The molecule has 0 unspecified atom stereocenters. The lowest BCUT2D eigenvalue weighted by Crippen LogP contribution is -2.48. The molecular formula is C19H23N3O. The second-order valence-corrected chi connectivity index (χ2v) is 6.18. The van der Waals surface area contributed by atoms with Gasteiger partial charge in [0.1, 0.15) is 0 Å². The van der Waals surface area contributed by atoms with E-state index in [1.54, 1.807) is 24.3 Å². The lowest BCUT2D eigenvalue weighted by atomic mass is 10.1. The number of carbonyl (C=O) groups excluding carboxylic acids is 1. The summed E-state index contributed by atoms with van der Waals surface area (Å²) in [7, 11) is 0. The first-order chi connectivity index (χ1) is 11.1. The van der Waals surface area contributed by atoms with Crippen LogP contribution in [0.4, 0.5) is 5.69 Å². The van der Waals surface area contributed by atoms with E-state index in [1.807, 2.05) is 4.90 Å². The summed E-state index contributed by atoms with van der Waals surface area (Å²) in [6, 6.07) is 15.8. The lowest BCUT2D eigenvalue weighted by molar-refractivity contribution is 0.0628. The number of nitrogens with zero attached hydrogens (tertiary/aromatic N) is 2. The fourth-order valence-corrected chi connectivity index (χ4v) is 2.99. The van der Waals surface area contributed by atoms with E-state index in [0.717, 1.165) is 32.7 Å². The molecule has 4 nitrogen and oxygen atoms in total. The number of carbonyl (C=O) groups is 1. The number of benzene rings is 2. The Balaban J connectivity index is 1.55. The summed E-state index contributed by atoms with van der Waals surface area (Å²) in [5, 5.41) is 0. The quantitative estimate of drug-likeness (QED) is 0.887. The van der Waals surface area contributed by atoms with Crippen LogP contribution in [0.15, 0.2) is 48.5 Å². The Kier molecular flexibility index (Phi) is 4.63. The number of aryl methyl sites for hydroxylation is 1. The van der Waals surface area contributed by atoms with E-state index < -0.39 is 0 Å². The summed E-state index contributed by atoms with van der Waals surface area (Å²) in [6.45, 7) is 6.44. The average Bonchev–Trinajstić information content (AvgIpc) is 2.56. The molecule has 2 aromatic rings. The molecular weight excluding hydrogens is 286 g/mol. The second kappa shape index (κ2) is 6.84. The van der Waals surface area contributed by atoms with Crippen molar-refractivity contribution in [1.29, 1.82) is 0 Å². The molecule has 0 saturated carbocycles. The minimum atomic E-state index is 0.0974. The standard InChI is InChI=1S/C19H23N3O/c1-15-3-2-4-16(13-15)14-21-9-11-22(12-10-21)19(23)17-5-7-18(20)8-6-17/h2-8,13H,9-12,14,20H2,1H3. The summed E-state index contributed by atoms with van der Waals surface area (Å²) >= 11 is 0. The van der Waals surface area contributed by atoms with Gasteiger partial charge in [-0.05, 0) is 36.8 Å². The minimum absolute atomic E-state index is 0.0974. The van der Waals surface area contributed by atoms with Gasteiger partial charge in [-0.25, -0.2) is 0 Å². The van der Waals surface area contributed by atoms with Crippen LogP contribution in [0.2, 0.25) is 0 Å². The van der Waals surface area contributed by atoms with E-state index in [9.17, 15) is 4.79 Å². The van der Waals surface area contributed by atoms with Crippen molar-refractivity contribution >= 4 is 11.6 Å². The average molecular weight is 309 g/mol. The molecule has 0 atom stereocenters. The number of hydrogen-bond donors (Lipinski definition) is 1. The molecule has 3 rings (SSSR count). The van der Waals surface area contributed by atoms with E-state index in [0.29, 0.717) is 11.3 Å². The van der Waals surface area contributed by atoms with Crippen molar-refractivity contribution in [3.63, 3.8) is 0 Å². The highest BCUT2D eigenvalue weighted by Crippen LogP contribution is 2.13. The zero-order valence-corrected chi connectivity index (χ0v) is 13.5. The number of piperazine rings is 1. The molecule has 0 bridgehead atoms. The third-order valence-corrected chi connectivity index (χ3v) is 4.31. The van der Waals surface area contributed by atoms with Gasteiger partial charge in [-0.1, -0.05) is 29.8 Å². The SMILES string of the molecule is Cc1cccc(CN2CCN(C(=O)c3ccc(N)cc3)CC2)c1. The van der Waals surface area contributed by atoms with Crippen molar-refractivity contribution in [1.82, 2.24) is 9.80 Å². The molecule has 1 heterocycles. The third kappa shape index (κ3) is 3.90. The van der Waals surface area contributed by atoms with Crippen LogP contribution in [0.3, 0.4) is 0 Å². The Morgan fingerprint density at radius 3 is 2.39 bits per heavy atom. The smallest absolute Gasteiger partial charge is 0.253 e. The van der Waals surface area contributed by atoms with Gasteiger partial charge in [0.25, 0.3) is 5.91 Å². The summed E-state index contributed by atoms with van der Waals surface area (Å²) in [6.07, 6.45) is 0. The predicted octanol–water partition coefficient (Wildman–Crippen LogP) is 2.54. The largest absolute Gasteiger partial charge is 0.399 e. The highest BCUT2D eigenvalue weighted by atomic mass is 16.2. The maximum atomic E-state index is 12.5. The normalized spacial score (nSPS) is 15.6. The molecule has 4 heteroatoms. The van der Waals surface area contributed by atoms with Crippen LogP contribution in [0.5, 0.6) is 0 Å². The molecule has 0 aliphatic carbocycles. The van der Waals surface area contributed by atoms with E-state index in [-0.39, 0.29) is 5.91 Å². The monoisotopic (exact) mass is 309 g/mol. The van der Waals surface area contributed by atoms with Crippen molar-refractivity contribution in [2.45, 2.75) is 13.5 Å². The highest BCUT2D eigenvalue weighted by molar-refractivity contribution is 5.94. The molecule has 2 aromatic carbocycles. The van der Waals surface area contributed by atoms with Crippen molar-refractivity contribution in [3.8, 4) is 0 Å². The number of amides is 1. The second-order valence-electron chi connectivity index (χ2n) is 6.18. The van der Waals surface area contributed by atoms with Crippen LogP contribution in [0.25, 0.3) is 0 Å². The summed E-state index contributed by atoms with van der Waals surface area (Å²) < 4.78 is 0. The van der Waals surface area contributed by atoms with Crippen molar-refractivity contribution in [2.75, 3.05) is 31.9 Å². The summed E-state index contributed by atoms with van der Waals surface area (Å²) in [5.41, 5.74) is 9.70. The molecule has 1 fully saturated rings. The van der Waals surface area contributed by atoms with E-state index in [2.05, 4.69) is 36.1 Å². The van der Waals surface area contributed by atoms with Gasteiger partial charge in [0.05, 0.1) is 0 Å². The molecule has 2 N–H and O–H groups in total. The Hall–Kier alpha value is -2.33.